The van der Waals surface area contributed by atoms with E-state index in [9.17, 15) is 14.4 Å². The number of aromatic nitrogens is 12. The van der Waals surface area contributed by atoms with Gasteiger partial charge in [-0.15, -0.1) is 20.4 Å². The Morgan fingerprint density at radius 3 is 1.92 bits per heavy atom. The summed E-state index contributed by atoms with van der Waals surface area (Å²) < 4.78 is 21.8. The van der Waals surface area contributed by atoms with Crippen molar-refractivity contribution in [3.05, 3.63) is 162 Å². The van der Waals surface area contributed by atoms with Crippen LogP contribution in [0.3, 0.4) is 0 Å². The zero-order valence-corrected chi connectivity index (χ0v) is 49.6. The first-order valence-corrected chi connectivity index (χ1v) is 28.6. The molecule has 0 spiro atoms. The van der Waals surface area contributed by atoms with Crippen LogP contribution in [-0.4, -0.2) is 94.9 Å². The van der Waals surface area contributed by atoms with Gasteiger partial charge in [0.25, 0.3) is 0 Å². The van der Waals surface area contributed by atoms with Gasteiger partial charge in [0.15, 0.2) is 15.8 Å². The molecular formula is C60H52Cl2N14O6S2. The molecule has 2 N–H and O–H groups in total. The summed E-state index contributed by atoms with van der Waals surface area (Å²) in [7, 11) is 0. The Morgan fingerprint density at radius 2 is 1.31 bits per heavy atom. The molecule has 4 aromatic carbocycles. The van der Waals surface area contributed by atoms with E-state index >= 15 is 0 Å². The molecule has 12 aromatic rings. The van der Waals surface area contributed by atoms with E-state index in [2.05, 4.69) is 47.6 Å². The Kier molecular flexibility index (Phi) is 15.3. The highest BCUT2D eigenvalue weighted by atomic mass is 35.5. The summed E-state index contributed by atoms with van der Waals surface area (Å²) in [4.78, 5) is 49.2. The molecule has 0 saturated heterocycles. The molecular weight excluding hydrogens is 1150 g/mol. The number of anilines is 4. The number of pyridine rings is 2. The van der Waals surface area contributed by atoms with Crippen molar-refractivity contribution in [1.82, 2.24) is 59.1 Å². The molecule has 8 aromatic heterocycles. The van der Waals surface area contributed by atoms with Gasteiger partial charge in [-0.2, -0.15) is 14.9 Å². The molecule has 0 radical (unpaired) electrons. The molecule has 24 heteroatoms. The summed E-state index contributed by atoms with van der Waals surface area (Å²) in [5.41, 5.74) is 8.74. The predicted octanol–water partition coefficient (Wildman–Crippen LogP) is 15.4. The largest absolute Gasteiger partial charge is 0.494 e. The number of carbonyl (C=O) groups is 3. The van der Waals surface area contributed by atoms with Crippen LogP contribution in [0.2, 0.25) is 10.0 Å². The molecule has 1 amide bonds. The highest BCUT2D eigenvalue weighted by Gasteiger charge is 2.32. The number of aromatic amines is 1. The third kappa shape index (κ3) is 11.7. The lowest BCUT2D eigenvalue weighted by molar-refractivity contribution is 0.0520. The topological polar surface area (TPSA) is 227 Å². The van der Waals surface area contributed by atoms with Gasteiger partial charge in [-0.3, -0.25) is 9.89 Å². The number of amides is 1. The van der Waals surface area contributed by atoms with Crippen molar-refractivity contribution in [2.24, 2.45) is 0 Å². The van der Waals surface area contributed by atoms with Crippen molar-refractivity contribution in [2.75, 3.05) is 16.8 Å². The van der Waals surface area contributed by atoms with Crippen LogP contribution in [-0.2, 0) is 14.2 Å². The number of benzene rings is 4. The lowest BCUT2D eigenvalue weighted by Crippen LogP contribution is -2.34. The summed E-state index contributed by atoms with van der Waals surface area (Å²) in [6.45, 7) is 18.6. The van der Waals surface area contributed by atoms with E-state index in [0.29, 0.717) is 55.2 Å². The molecule has 20 nitrogen and oxygen atoms in total. The second-order valence-electron chi connectivity index (χ2n) is 21.0. The monoisotopic (exact) mass is 1200 g/mol. The number of rotatable bonds is 12. The van der Waals surface area contributed by atoms with Crippen molar-refractivity contribution in [3.63, 3.8) is 0 Å². The van der Waals surface area contributed by atoms with Gasteiger partial charge < -0.3 is 28.3 Å². The molecule has 424 valence electrons. The average Bonchev–Trinajstić information content (AvgIpc) is 2.18. The predicted molar refractivity (Wildman–Crippen MR) is 329 cm³/mol. The Labute approximate surface area is 498 Å². The first-order chi connectivity index (χ1) is 40.2. The highest BCUT2D eigenvalue weighted by molar-refractivity contribution is 7.19. The number of ketones is 1. The van der Waals surface area contributed by atoms with Gasteiger partial charge in [-0.1, -0.05) is 101 Å². The summed E-state index contributed by atoms with van der Waals surface area (Å²) >= 11 is 16.1. The van der Waals surface area contributed by atoms with E-state index in [4.69, 9.17) is 47.4 Å². The van der Waals surface area contributed by atoms with Gasteiger partial charge in [0.2, 0.25) is 10.3 Å². The molecule has 0 unspecified atom stereocenters. The number of carbonyl (C=O) groups excluding carboxylic acids is 3. The van der Waals surface area contributed by atoms with Crippen molar-refractivity contribution >= 4 is 124 Å². The zero-order chi connectivity index (χ0) is 59.2. The third-order valence-corrected chi connectivity index (χ3v) is 15.3. The molecule has 12 rings (SSSR count). The number of H-pyrrole nitrogens is 1. The summed E-state index contributed by atoms with van der Waals surface area (Å²) in [6, 6.07) is 30.0. The fraction of sp³-hybridized carbons (Fsp3) is 0.183. The van der Waals surface area contributed by atoms with E-state index in [1.54, 1.807) is 66.8 Å². The van der Waals surface area contributed by atoms with Crippen molar-refractivity contribution < 1.29 is 28.6 Å². The molecule has 84 heavy (non-hydrogen) atoms. The first kappa shape index (κ1) is 56.5. The summed E-state index contributed by atoms with van der Waals surface area (Å²) in [5, 5.41) is 36.1. The van der Waals surface area contributed by atoms with Crippen molar-refractivity contribution in [3.8, 4) is 43.7 Å². The molecule has 0 aliphatic carbocycles. The van der Waals surface area contributed by atoms with Gasteiger partial charge in [0.1, 0.15) is 28.3 Å². The number of nitrogens with zero attached hydrogens (tertiary/aromatic N) is 12. The maximum atomic E-state index is 13.8. The number of ether oxygens (including phenoxy) is 3. The maximum Gasteiger partial charge on any atom is 0.435 e. The molecule has 0 aliphatic heterocycles. The summed E-state index contributed by atoms with van der Waals surface area (Å²) in [6.07, 6.45) is 9.52. The lowest BCUT2D eigenvalue weighted by Gasteiger charge is -2.26. The quantitative estimate of drug-likeness (QED) is 0.0856. The lowest BCUT2D eigenvalue weighted by atomic mass is 10.1. The van der Waals surface area contributed by atoms with E-state index in [0.717, 1.165) is 65.6 Å². The molecule has 0 fully saturated rings. The Hall–Kier alpha value is -9.35. The number of nitrogens with one attached hydrogen (secondary N) is 2. The minimum absolute atomic E-state index is 0.0375. The number of Topliss-reactive ketones (excluding diaryl/α,β-unsaturated/α-hetero) is 1. The van der Waals surface area contributed by atoms with Crippen LogP contribution in [0.15, 0.2) is 141 Å². The van der Waals surface area contributed by atoms with Crippen molar-refractivity contribution in [2.45, 2.75) is 66.6 Å². The standard InChI is InChI=1S/C36H36ClN7O5S.C24H16ClN7OS/c1-9-47-21(2)22-12-14-23(15-13-22)26-20-42-18-10-11-24(30(42)39-26)31-40-41-32(50-31)43(33(45)48-35(3,4)5)28-17-16-27-25(29(28)37)19-38-44(27)34(46)49-36(6,7)8;1-13(33)14-4-6-15(7-5-14)20-12-32-10-2-3-16(22(32)27-20)23-30-31-24(34-23)28-19-9-8-18-17(21(19)25)11-26-29-18/h10-20H,2,9H2,1,3-8H3;2-12H,1H3,(H,26,29)(H,28,31). The van der Waals surface area contributed by atoms with Crippen LogP contribution in [0.4, 0.5) is 31.2 Å². The van der Waals surface area contributed by atoms with Crippen LogP contribution in [0.1, 0.15) is 71.3 Å². The fourth-order valence-corrected chi connectivity index (χ4v) is 11.1. The van der Waals surface area contributed by atoms with Crippen LogP contribution < -0.4 is 10.2 Å². The minimum Gasteiger partial charge on any atom is -0.494 e. The number of halogens is 2. The van der Waals surface area contributed by atoms with E-state index in [-0.39, 0.29) is 21.6 Å². The van der Waals surface area contributed by atoms with E-state index in [1.165, 1.54) is 33.8 Å². The van der Waals surface area contributed by atoms with Gasteiger partial charge in [0.05, 0.1) is 74.0 Å². The SMILES string of the molecule is C=C(OCC)c1ccc(-c2cn3cccc(-c4nnc(N(C(=O)OC(C)(C)C)c5ccc6c(cnn6C(=O)OC(C)(C)C)c5Cl)s4)c3n2)cc1.CC(=O)c1ccc(-c2cn3cccc(-c4nnc(Nc5ccc6[nH]ncc6c5Cl)s4)c3n2)cc1. The number of hydrogen-bond acceptors (Lipinski definition) is 17. The highest BCUT2D eigenvalue weighted by Crippen LogP contribution is 2.42. The first-order valence-electron chi connectivity index (χ1n) is 26.2. The fourth-order valence-electron chi connectivity index (χ4n) is 8.86. The number of imidazole rings is 2. The third-order valence-electron chi connectivity index (χ3n) is 12.7. The average molecular weight is 1200 g/mol. The van der Waals surface area contributed by atoms with Crippen LogP contribution in [0.5, 0.6) is 0 Å². The van der Waals surface area contributed by atoms with Gasteiger partial charge >= 0.3 is 12.2 Å². The van der Waals surface area contributed by atoms with E-state index < -0.39 is 23.4 Å². The minimum atomic E-state index is -0.826. The molecule has 8 heterocycles. The number of fused-ring (bicyclic) bond motifs is 4. The smallest absolute Gasteiger partial charge is 0.435 e. The molecule has 0 atom stereocenters. The van der Waals surface area contributed by atoms with Crippen LogP contribution in [0, 0.1) is 0 Å². The molecule has 0 bridgehead atoms. The van der Waals surface area contributed by atoms with Gasteiger partial charge in [0, 0.05) is 57.8 Å². The zero-order valence-electron chi connectivity index (χ0n) is 46.5. The molecule has 0 saturated carbocycles. The normalized spacial score (nSPS) is 11.7. The maximum absolute atomic E-state index is 13.8. The van der Waals surface area contributed by atoms with E-state index in [1.807, 2.05) is 125 Å². The summed E-state index contributed by atoms with van der Waals surface area (Å²) in [5.74, 6) is 0.649. The van der Waals surface area contributed by atoms with Gasteiger partial charge in [-0.25, -0.2) is 24.5 Å². The van der Waals surface area contributed by atoms with Crippen LogP contribution >= 0.6 is 45.9 Å². The van der Waals surface area contributed by atoms with Crippen molar-refractivity contribution in [1.29, 1.82) is 0 Å². The second kappa shape index (κ2) is 22.8. The molecule has 0 aliphatic rings. The number of hydrogen-bond donors (Lipinski definition) is 2. The second-order valence-corrected chi connectivity index (χ2v) is 23.7. The van der Waals surface area contributed by atoms with Crippen LogP contribution in [0.25, 0.3) is 82.5 Å². The Morgan fingerprint density at radius 1 is 0.702 bits per heavy atom. The Bertz CT molecular complexity index is 4490. The van der Waals surface area contributed by atoms with Gasteiger partial charge in [-0.05, 0) is 104 Å². The Balaban J connectivity index is 0.000000188.